The fourth-order valence-electron chi connectivity index (χ4n) is 3.47. The van der Waals surface area contributed by atoms with Crippen molar-refractivity contribution in [2.24, 2.45) is 0 Å². The summed E-state index contributed by atoms with van der Waals surface area (Å²) < 4.78 is 43.3. The van der Waals surface area contributed by atoms with Gasteiger partial charge in [0.05, 0.1) is 26.3 Å². The molecule has 6 nitrogen and oxygen atoms in total. The lowest BCUT2D eigenvalue weighted by molar-refractivity contribution is -0.167. The number of amides is 2. The molecule has 2 aliphatic heterocycles. The molecule has 1 fully saturated rings. The Labute approximate surface area is 155 Å². The molecule has 0 spiro atoms. The third-order valence-corrected chi connectivity index (χ3v) is 4.75. The van der Waals surface area contributed by atoms with Gasteiger partial charge in [-0.15, -0.1) is 0 Å². The number of aryl methyl sites for hydroxylation is 1. The lowest BCUT2D eigenvalue weighted by atomic mass is 10.0. The number of hydrogen-bond donors (Lipinski definition) is 1. The van der Waals surface area contributed by atoms with Crippen LogP contribution in [0.5, 0.6) is 0 Å². The monoisotopic (exact) mass is 385 g/mol. The number of nitrogens with one attached hydrogen (secondary N) is 1. The number of hydrogen-bond acceptors (Lipinski definition) is 4. The molecule has 0 aliphatic carbocycles. The highest BCUT2D eigenvalue weighted by molar-refractivity contribution is 5.98. The Morgan fingerprint density at radius 1 is 1.22 bits per heavy atom. The zero-order valence-electron chi connectivity index (χ0n) is 14.8. The summed E-state index contributed by atoms with van der Waals surface area (Å²) in [4.78, 5) is 27.6. The summed E-state index contributed by atoms with van der Waals surface area (Å²) in [6.07, 6.45) is -2.69. The van der Waals surface area contributed by atoms with E-state index in [1.54, 1.807) is 4.90 Å². The number of carbonyl (C=O) groups is 2. The average molecular weight is 385 g/mol. The number of morpholine rings is 1. The molecule has 9 heteroatoms. The molecule has 1 atom stereocenters. The van der Waals surface area contributed by atoms with Crippen LogP contribution in [0.2, 0.25) is 0 Å². The summed E-state index contributed by atoms with van der Waals surface area (Å²) in [7, 11) is 0. The maximum Gasteiger partial charge on any atom is 0.401 e. The first kappa shape index (κ1) is 19.6. The number of halogens is 3. The van der Waals surface area contributed by atoms with Crippen LogP contribution in [0.25, 0.3) is 0 Å². The summed E-state index contributed by atoms with van der Waals surface area (Å²) >= 11 is 0. The molecular formula is C18H22F3N3O3. The largest absolute Gasteiger partial charge is 0.401 e. The number of nitrogens with zero attached hydrogens (tertiary/aromatic N) is 2. The van der Waals surface area contributed by atoms with Crippen molar-refractivity contribution in [1.29, 1.82) is 0 Å². The van der Waals surface area contributed by atoms with Crippen molar-refractivity contribution >= 4 is 17.5 Å². The van der Waals surface area contributed by atoms with Gasteiger partial charge in [0.15, 0.2) is 0 Å². The second-order valence-electron chi connectivity index (χ2n) is 6.67. The molecule has 1 saturated heterocycles. The minimum absolute atomic E-state index is 0.0189. The normalized spacial score (nSPS) is 20.9. The van der Waals surface area contributed by atoms with Gasteiger partial charge in [-0.2, -0.15) is 13.2 Å². The van der Waals surface area contributed by atoms with E-state index in [1.807, 2.05) is 24.3 Å². The molecule has 2 amide bonds. The summed E-state index contributed by atoms with van der Waals surface area (Å²) in [6.45, 7) is -0.846. The number of anilines is 1. The third-order valence-electron chi connectivity index (χ3n) is 4.75. The Bertz CT molecular complexity index is 696. The number of ether oxygens (including phenoxy) is 1. The maximum absolute atomic E-state index is 12.7. The number of fused-ring (bicyclic) bond motifs is 1. The summed E-state index contributed by atoms with van der Waals surface area (Å²) in [5.41, 5.74) is 1.89. The summed E-state index contributed by atoms with van der Waals surface area (Å²) in [5, 5.41) is 2.48. The summed E-state index contributed by atoms with van der Waals surface area (Å²) in [6, 6.07) is 6.52. The van der Waals surface area contributed by atoms with E-state index >= 15 is 0 Å². The van der Waals surface area contributed by atoms with E-state index < -0.39 is 24.7 Å². The Morgan fingerprint density at radius 2 is 2.00 bits per heavy atom. The number of rotatable bonds is 4. The van der Waals surface area contributed by atoms with Gasteiger partial charge in [-0.05, 0) is 24.5 Å². The Morgan fingerprint density at radius 3 is 2.78 bits per heavy atom. The molecule has 2 aliphatic rings. The maximum atomic E-state index is 12.7. The summed E-state index contributed by atoms with van der Waals surface area (Å²) in [5.74, 6) is -0.910. The van der Waals surface area contributed by atoms with Crippen LogP contribution in [-0.2, 0) is 20.7 Å². The van der Waals surface area contributed by atoms with Gasteiger partial charge in [0.2, 0.25) is 11.8 Å². The van der Waals surface area contributed by atoms with Crippen LogP contribution >= 0.6 is 0 Å². The van der Waals surface area contributed by atoms with Crippen LogP contribution in [0.4, 0.5) is 18.9 Å². The highest BCUT2D eigenvalue weighted by Crippen LogP contribution is 2.26. The second kappa shape index (κ2) is 8.26. The highest BCUT2D eigenvalue weighted by atomic mass is 19.4. The molecule has 0 radical (unpaired) electrons. The van der Waals surface area contributed by atoms with Crippen molar-refractivity contribution in [3.8, 4) is 0 Å². The first-order chi connectivity index (χ1) is 12.8. The number of benzene rings is 1. The van der Waals surface area contributed by atoms with Gasteiger partial charge in [0.25, 0.3) is 0 Å². The van der Waals surface area contributed by atoms with Crippen LogP contribution in [0, 0.1) is 0 Å². The lowest BCUT2D eigenvalue weighted by Gasteiger charge is -2.35. The fraction of sp³-hybridized carbons (Fsp3) is 0.556. The van der Waals surface area contributed by atoms with E-state index in [0.29, 0.717) is 6.54 Å². The van der Waals surface area contributed by atoms with E-state index in [1.165, 1.54) is 0 Å². The van der Waals surface area contributed by atoms with Gasteiger partial charge in [-0.25, -0.2) is 0 Å². The predicted octanol–water partition coefficient (Wildman–Crippen LogP) is 1.35. The molecule has 1 N–H and O–H groups in total. The van der Waals surface area contributed by atoms with Gasteiger partial charge in [-0.1, -0.05) is 18.2 Å². The SMILES string of the molecule is O=C(NCC(=O)N1CCCc2ccccc21)C1COCCN1CC(F)(F)F. The quantitative estimate of drug-likeness (QED) is 0.850. The predicted molar refractivity (Wildman–Crippen MR) is 92.4 cm³/mol. The molecule has 148 valence electrons. The van der Waals surface area contributed by atoms with E-state index in [4.69, 9.17) is 4.74 Å². The molecule has 0 aromatic heterocycles. The zero-order valence-corrected chi connectivity index (χ0v) is 14.8. The molecule has 2 heterocycles. The van der Waals surface area contributed by atoms with Crippen molar-refractivity contribution in [2.45, 2.75) is 25.1 Å². The molecular weight excluding hydrogens is 363 g/mol. The molecule has 1 aromatic rings. The van der Waals surface area contributed by atoms with E-state index in [-0.39, 0.29) is 32.2 Å². The minimum atomic E-state index is -4.40. The van der Waals surface area contributed by atoms with Crippen LogP contribution in [0.15, 0.2) is 24.3 Å². The van der Waals surface area contributed by atoms with Gasteiger partial charge < -0.3 is 15.0 Å². The number of alkyl halides is 3. The number of carbonyl (C=O) groups excluding carboxylic acids is 2. The minimum Gasteiger partial charge on any atom is -0.378 e. The van der Waals surface area contributed by atoms with E-state index in [0.717, 1.165) is 29.0 Å². The first-order valence-corrected chi connectivity index (χ1v) is 8.90. The van der Waals surface area contributed by atoms with Crippen LogP contribution in [-0.4, -0.2) is 68.3 Å². The fourth-order valence-corrected chi connectivity index (χ4v) is 3.47. The molecule has 3 rings (SSSR count). The van der Waals surface area contributed by atoms with Crippen LogP contribution in [0.3, 0.4) is 0 Å². The van der Waals surface area contributed by atoms with Gasteiger partial charge >= 0.3 is 6.18 Å². The van der Waals surface area contributed by atoms with Gasteiger partial charge in [-0.3, -0.25) is 14.5 Å². The number of para-hydroxylation sites is 1. The topological polar surface area (TPSA) is 61.9 Å². The van der Waals surface area contributed by atoms with E-state index in [9.17, 15) is 22.8 Å². The zero-order chi connectivity index (χ0) is 19.4. The smallest absolute Gasteiger partial charge is 0.378 e. The van der Waals surface area contributed by atoms with Crippen LogP contribution in [0.1, 0.15) is 12.0 Å². The standard InChI is InChI=1S/C18H22F3N3O3/c19-18(20,21)12-23-8-9-27-11-15(23)17(26)22-10-16(25)24-7-3-5-13-4-1-2-6-14(13)24/h1-2,4,6,15H,3,5,7-12H2,(H,22,26). The Hall–Kier alpha value is -2.13. The van der Waals surface area contributed by atoms with Crippen molar-refractivity contribution in [3.63, 3.8) is 0 Å². The molecule has 0 bridgehead atoms. The Kier molecular flexibility index (Phi) is 6.01. The van der Waals surface area contributed by atoms with Crippen molar-refractivity contribution in [3.05, 3.63) is 29.8 Å². The van der Waals surface area contributed by atoms with Crippen molar-refractivity contribution in [2.75, 3.05) is 44.3 Å². The molecule has 1 aromatic carbocycles. The van der Waals surface area contributed by atoms with Gasteiger partial charge in [0, 0.05) is 18.8 Å². The first-order valence-electron chi connectivity index (χ1n) is 8.90. The molecule has 1 unspecified atom stereocenters. The van der Waals surface area contributed by atoms with Crippen molar-refractivity contribution in [1.82, 2.24) is 10.2 Å². The van der Waals surface area contributed by atoms with Crippen molar-refractivity contribution < 1.29 is 27.5 Å². The second-order valence-corrected chi connectivity index (χ2v) is 6.67. The van der Waals surface area contributed by atoms with E-state index in [2.05, 4.69) is 5.32 Å². The molecule has 27 heavy (non-hydrogen) atoms. The van der Waals surface area contributed by atoms with Crippen LogP contribution < -0.4 is 10.2 Å². The Balaban J connectivity index is 1.59. The molecule has 0 saturated carbocycles. The highest BCUT2D eigenvalue weighted by Gasteiger charge is 2.38. The van der Waals surface area contributed by atoms with Gasteiger partial charge in [0.1, 0.15) is 6.04 Å². The lowest BCUT2D eigenvalue weighted by Crippen LogP contribution is -2.57. The third kappa shape index (κ3) is 4.98. The average Bonchev–Trinajstić information content (AvgIpc) is 2.64.